The van der Waals surface area contributed by atoms with Crippen LogP contribution in [0.25, 0.3) is 0 Å². The van der Waals surface area contributed by atoms with Crippen LogP contribution in [0.2, 0.25) is 0 Å². The summed E-state index contributed by atoms with van der Waals surface area (Å²) >= 11 is 0. The lowest BCUT2D eigenvalue weighted by Gasteiger charge is -2.29. The zero-order chi connectivity index (χ0) is 10.8. The number of ether oxygens (including phenoxy) is 1. The summed E-state index contributed by atoms with van der Waals surface area (Å²) in [7, 11) is 0. The number of hydrogen-bond donors (Lipinski definition) is 1. The van der Waals surface area contributed by atoms with Crippen molar-refractivity contribution in [2.75, 3.05) is 0 Å². The molecular formula is C11H20O3. The molecule has 0 heterocycles. The van der Waals surface area contributed by atoms with Crippen LogP contribution >= 0.6 is 0 Å². The first-order valence-electron chi connectivity index (χ1n) is 5.30. The van der Waals surface area contributed by atoms with Crippen LogP contribution in [0.4, 0.5) is 0 Å². The molecular weight excluding hydrogens is 180 g/mol. The number of aliphatic hydroxyl groups excluding tert-OH is 1. The van der Waals surface area contributed by atoms with Gasteiger partial charge in [-0.15, -0.1) is 0 Å². The van der Waals surface area contributed by atoms with E-state index in [1.165, 1.54) is 0 Å². The van der Waals surface area contributed by atoms with Gasteiger partial charge in [0.1, 0.15) is 6.10 Å². The maximum absolute atomic E-state index is 11.5. The van der Waals surface area contributed by atoms with Crippen molar-refractivity contribution in [3.8, 4) is 0 Å². The first-order chi connectivity index (χ1) is 6.41. The van der Waals surface area contributed by atoms with E-state index in [0.717, 1.165) is 25.7 Å². The van der Waals surface area contributed by atoms with E-state index in [0.29, 0.717) is 0 Å². The Morgan fingerprint density at radius 2 is 1.86 bits per heavy atom. The molecule has 3 nitrogen and oxygen atoms in total. The molecule has 82 valence electrons. The van der Waals surface area contributed by atoms with E-state index < -0.39 is 11.5 Å². The van der Waals surface area contributed by atoms with Gasteiger partial charge in [0.2, 0.25) is 0 Å². The zero-order valence-corrected chi connectivity index (χ0v) is 9.25. The van der Waals surface area contributed by atoms with Crippen molar-refractivity contribution >= 4 is 5.97 Å². The standard InChI is InChI=1S/C11H20O3/c1-11(2,3)10(13)14-9-7-5-4-6-8(9)12/h8-9,12H,4-7H2,1-3H3/t8-,9-/m1/s1. The van der Waals surface area contributed by atoms with Crippen molar-refractivity contribution in [2.45, 2.75) is 58.7 Å². The number of carbonyl (C=O) groups excluding carboxylic acids is 1. The molecule has 1 aliphatic rings. The number of carbonyl (C=O) groups is 1. The van der Waals surface area contributed by atoms with Crippen LogP contribution in [0.15, 0.2) is 0 Å². The van der Waals surface area contributed by atoms with E-state index in [1.807, 2.05) is 20.8 Å². The molecule has 0 unspecified atom stereocenters. The molecule has 3 heteroatoms. The van der Waals surface area contributed by atoms with E-state index in [2.05, 4.69) is 0 Å². The Morgan fingerprint density at radius 3 is 2.36 bits per heavy atom. The highest BCUT2D eigenvalue weighted by Gasteiger charge is 2.31. The molecule has 0 amide bonds. The highest BCUT2D eigenvalue weighted by atomic mass is 16.6. The van der Waals surface area contributed by atoms with E-state index >= 15 is 0 Å². The van der Waals surface area contributed by atoms with Gasteiger partial charge in [-0.05, 0) is 40.0 Å². The molecule has 1 rings (SSSR count). The van der Waals surface area contributed by atoms with Gasteiger partial charge in [-0.25, -0.2) is 0 Å². The molecule has 1 N–H and O–H groups in total. The molecule has 0 aromatic rings. The third-order valence-electron chi connectivity index (χ3n) is 2.54. The maximum atomic E-state index is 11.5. The van der Waals surface area contributed by atoms with Gasteiger partial charge in [0.05, 0.1) is 11.5 Å². The summed E-state index contributed by atoms with van der Waals surface area (Å²) in [6, 6.07) is 0. The topological polar surface area (TPSA) is 46.5 Å². The van der Waals surface area contributed by atoms with Crippen LogP contribution < -0.4 is 0 Å². The first-order valence-corrected chi connectivity index (χ1v) is 5.30. The van der Waals surface area contributed by atoms with E-state index in [4.69, 9.17) is 4.74 Å². The SMILES string of the molecule is CC(C)(C)C(=O)O[C@@H]1CCCC[C@H]1O. The number of hydrogen-bond acceptors (Lipinski definition) is 3. The second kappa shape index (κ2) is 4.30. The minimum absolute atomic E-state index is 0.219. The fourth-order valence-corrected chi connectivity index (χ4v) is 1.53. The normalized spacial score (nSPS) is 28.6. The molecule has 0 aliphatic heterocycles. The molecule has 0 aromatic heterocycles. The maximum Gasteiger partial charge on any atom is 0.311 e. The fourth-order valence-electron chi connectivity index (χ4n) is 1.53. The van der Waals surface area contributed by atoms with Gasteiger partial charge in [0, 0.05) is 0 Å². The smallest absolute Gasteiger partial charge is 0.311 e. The summed E-state index contributed by atoms with van der Waals surface area (Å²) in [5.74, 6) is -0.219. The largest absolute Gasteiger partial charge is 0.459 e. The second-order valence-corrected chi connectivity index (χ2v) is 5.05. The van der Waals surface area contributed by atoms with Crippen LogP contribution in [0, 0.1) is 5.41 Å². The van der Waals surface area contributed by atoms with Gasteiger partial charge in [-0.1, -0.05) is 6.42 Å². The minimum Gasteiger partial charge on any atom is -0.459 e. The van der Waals surface area contributed by atoms with Crippen LogP contribution in [0.5, 0.6) is 0 Å². The summed E-state index contributed by atoms with van der Waals surface area (Å²) in [5, 5.41) is 9.61. The van der Waals surface area contributed by atoms with Crippen molar-refractivity contribution in [1.29, 1.82) is 0 Å². The third kappa shape index (κ3) is 2.98. The third-order valence-corrected chi connectivity index (χ3v) is 2.54. The molecule has 0 spiro atoms. The van der Waals surface area contributed by atoms with Gasteiger partial charge in [0.15, 0.2) is 0 Å². The summed E-state index contributed by atoms with van der Waals surface area (Å²) in [4.78, 5) is 11.5. The fraction of sp³-hybridized carbons (Fsp3) is 0.909. The Hall–Kier alpha value is -0.570. The lowest BCUT2D eigenvalue weighted by atomic mass is 9.93. The molecule has 0 aromatic carbocycles. The minimum atomic E-state index is -0.475. The molecule has 1 aliphatic carbocycles. The molecule has 0 saturated heterocycles. The highest BCUT2D eigenvalue weighted by molar-refractivity contribution is 5.75. The Labute approximate surface area is 85.5 Å². The van der Waals surface area contributed by atoms with Crippen molar-refractivity contribution in [3.05, 3.63) is 0 Å². The predicted molar refractivity (Wildman–Crippen MR) is 53.8 cm³/mol. The Bertz CT molecular complexity index is 205. The molecule has 14 heavy (non-hydrogen) atoms. The summed E-state index contributed by atoms with van der Waals surface area (Å²) in [6.07, 6.45) is 2.88. The Kier molecular flexibility index (Phi) is 3.53. The molecule has 1 fully saturated rings. The quantitative estimate of drug-likeness (QED) is 0.657. The second-order valence-electron chi connectivity index (χ2n) is 5.05. The van der Waals surface area contributed by atoms with Crippen molar-refractivity contribution in [1.82, 2.24) is 0 Å². The summed E-state index contributed by atoms with van der Waals surface area (Å²) in [5.41, 5.74) is -0.475. The molecule has 0 bridgehead atoms. The van der Waals surface area contributed by atoms with E-state index in [-0.39, 0.29) is 12.1 Å². The van der Waals surface area contributed by atoms with E-state index in [9.17, 15) is 9.90 Å². The number of esters is 1. The average molecular weight is 200 g/mol. The first kappa shape index (κ1) is 11.5. The predicted octanol–water partition coefficient (Wildman–Crippen LogP) is 1.88. The average Bonchev–Trinajstić information content (AvgIpc) is 2.07. The van der Waals surface area contributed by atoms with Gasteiger partial charge < -0.3 is 9.84 Å². The van der Waals surface area contributed by atoms with Crippen LogP contribution in [0.3, 0.4) is 0 Å². The van der Waals surface area contributed by atoms with Crippen molar-refractivity contribution in [3.63, 3.8) is 0 Å². The van der Waals surface area contributed by atoms with Crippen LogP contribution in [0.1, 0.15) is 46.5 Å². The molecule has 2 atom stereocenters. The van der Waals surface area contributed by atoms with Gasteiger partial charge >= 0.3 is 5.97 Å². The van der Waals surface area contributed by atoms with Crippen LogP contribution in [-0.4, -0.2) is 23.3 Å². The highest BCUT2D eigenvalue weighted by Crippen LogP contribution is 2.24. The lowest BCUT2D eigenvalue weighted by Crippen LogP contribution is -2.37. The van der Waals surface area contributed by atoms with Crippen molar-refractivity contribution < 1.29 is 14.6 Å². The number of rotatable bonds is 1. The summed E-state index contributed by atoms with van der Waals surface area (Å²) < 4.78 is 5.28. The van der Waals surface area contributed by atoms with Gasteiger partial charge in [-0.2, -0.15) is 0 Å². The van der Waals surface area contributed by atoms with Gasteiger partial charge in [0.25, 0.3) is 0 Å². The van der Waals surface area contributed by atoms with Crippen LogP contribution in [-0.2, 0) is 9.53 Å². The van der Waals surface area contributed by atoms with E-state index in [1.54, 1.807) is 0 Å². The Morgan fingerprint density at radius 1 is 1.29 bits per heavy atom. The molecule has 1 saturated carbocycles. The number of aliphatic hydroxyl groups is 1. The Balaban J connectivity index is 2.46. The van der Waals surface area contributed by atoms with Crippen molar-refractivity contribution in [2.24, 2.45) is 5.41 Å². The van der Waals surface area contributed by atoms with Gasteiger partial charge in [-0.3, -0.25) is 4.79 Å². The molecule has 0 radical (unpaired) electrons. The summed E-state index contributed by atoms with van der Waals surface area (Å²) in [6.45, 7) is 5.47. The lowest BCUT2D eigenvalue weighted by molar-refractivity contribution is -0.166. The zero-order valence-electron chi connectivity index (χ0n) is 9.25. The monoisotopic (exact) mass is 200 g/mol.